The Morgan fingerprint density at radius 1 is 1.44 bits per heavy atom. The molecule has 2 aliphatic rings. The van der Waals surface area contributed by atoms with Crippen LogP contribution in [0.1, 0.15) is 33.1 Å². The van der Waals surface area contributed by atoms with Gasteiger partial charge in [0.25, 0.3) is 0 Å². The third-order valence-corrected chi connectivity index (χ3v) is 4.70. The maximum atomic E-state index is 11.9. The van der Waals surface area contributed by atoms with Crippen LogP contribution in [0.25, 0.3) is 0 Å². The van der Waals surface area contributed by atoms with Gasteiger partial charge in [-0.25, -0.2) is 0 Å². The molecule has 18 heavy (non-hydrogen) atoms. The first-order valence-electron chi connectivity index (χ1n) is 7.22. The van der Waals surface area contributed by atoms with Crippen LogP contribution in [0.4, 0.5) is 0 Å². The van der Waals surface area contributed by atoms with E-state index in [2.05, 4.69) is 24.1 Å². The van der Waals surface area contributed by atoms with Gasteiger partial charge in [0, 0.05) is 12.6 Å². The normalized spacial score (nSPS) is 34.1. The van der Waals surface area contributed by atoms with Gasteiger partial charge < -0.3 is 15.0 Å². The van der Waals surface area contributed by atoms with Crippen molar-refractivity contribution < 1.29 is 9.53 Å². The monoisotopic (exact) mass is 254 g/mol. The molecule has 2 saturated heterocycles. The van der Waals surface area contributed by atoms with Gasteiger partial charge in [0.2, 0.25) is 0 Å². The van der Waals surface area contributed by atoms with E-state index in [1.165, 1.54) is 33.2 Å². The molecule has 2 fully saturated rings. The van der Waals surface area contributed by atoms with Gasteiger partial charge in [0.1, 0.15) is 6.04 Å². The molecule has 4 heteroatoms. The fraction of sp³-hybridized carbons (Fsp3) is 0.929. The largest absolute Gasteiger partial charge is 0.468 e. The molecular formula is C14H26N2O2. The second-order valence-electron chi connectivity index (χ2n) is 5.80. The van der Waals surface area contributed by atoms with E-state index in [9.17, 15) is 4.79 Å². The first kappa shape index (κ1) is 13.8. The molecule has 0 aromatic carbocycles. The van der Waals surface area contributed by atoms with Crippen LogP contribution in [0, 0.1) is 11.8 Å². The Balaban J connectivity index is 1.97. The lowest BCUT2D eigenvalue weighted by atomic mass is 9.91. The van der Waals surface area contributed by atoms with Crippen molar-refractivity contribution in [2.24, 2.45) is 11.8 Å². The molecule has 0 spiro atoms. The molecule has 0 saturated carbocycles. The van der Waals surface area contributed by atoms with Crippen LogP contribution in [0.2, 0.25) is 0 Å². The first-order valence-corrected chi connectivity index (χ1v) is 7.22. The number of hydrogen-bond donors (Lipinski definition) is 1. The number of esters is 1. The fourth-order valence-corrected chi connectivity index (χ4v) is 3.23. The summed E-state index contributed by atoms with van der Waals surface area (Å²) in [5.41, 5.74) is 0. The number of ether oxygens (including phenoxy) is 1. The van der Waals surface area contributed by atoms with Gasteiger partial charge in [-0.15, -0.1) is 0 Å². The van der Waals surface area contributed by atoms with Crippen molar-refractivity contribution in [2.45, 2.75) is 45.2 Å². The molecule has 4 nitrogen and oxygen atoms in total. The highest BCUT2D eigenvalue weighted by Crippen LogP contribution is 2.28. The quantitative estimate of drug-likeness (QED) is 0.750. The summed E-state index contributed by atoms with van der Waals surface area (Å²) in [5.74, 6) is 0.941. The Morgan fingerprint density at radius 3 is 2.83 bits per heavy atom. The average molecular weight is 254 g/mol. The highest BCUT2D eigenvalue weighted by Gasteiger charge is 2.37. The minimum Gasteiger partial charge on any atom is -0.468 e. The topological polar surface area (TPSA) is 41.6 Å². The summed E-state index contributed by atoms with van der Waals surface area (Å²) in [6.07, 6.45) is 3.43. The average Bonchev–Trinajstić information content (AvgIpc) is 2.79. The lowest BCUT2D eigenvalue weighted by Crippen LogP contribution is -2.53. The Bertz CT molecular complexity index is 296. The number of nitrogens with zero attached hydrogens (tertiary/aromatic N) is 1. The van der Waals surface area contributed by atoms with Crippen molar-refractivity contribution >= 4 is 5.97 Å². The van der Waals surface area contributed by atoms with E-state index in [4.69, 9.17) is 4.74 Å². The highest BCUT2D eigenvalue weighted by atomic mass is 16.5. The van der Waals surface area contributed by atoms with Crippen molar-refractivity contribution in [1.82, 2.24) is 10.2 Å². The van der Waals surface area contributed by atoms with Crippen molar-refractivity contribution in [3.63, 3.8) is 0 Å². The number of carbonyl (C=O) groups is 1. The number of fused-ring (bicyclic) bond motifs is 2. The summed E-state index contributed by atoms with van der Waals surface area (Å²) in [6, 6.07) is 0.346. The molecule has 0 aromatic rings. The maximum Gasteiger partial charge on any atom is 0.323 e. The van der Waals surface area contributed by atoms with Gasteiger partial charge in [0.05, 0.1) is 7.11 Å². The summed E-state index contributed by atoms with van der Waals surface area (Å²) in [7, 11) is 1.48. The lowest BCUT2D eigenvalue weighted by molar-refractivity contribution is -0.145. The predicted octanol–water partition coefficient (Wildman–Crippen LogP) is 1.26. The van der Waals surface area contributed by atoms with Gasteiger partial charge >= 0.3 is 5.97 Å². The van der Waals surface area contributed by atoms with Gasteiger partial charge in [-0.2, -0.15) is 0 Å². The Kier molecular flexibility index (Phi) is 4.62. The second-order valence-corrected chi connectivity index (χ2v) is 5.80. The molecule has 104 valence electrons. The van der Waals surface area contributed by atoms with Gasteiger partial charge in [-0.3, -0.25) is 4.79 Å². The summed E-state index contributed by atoms with van der Waals surface area (Å²) >= 11 is 0. The van der Waals surface area contributed by atoms with Crippen LogP contribution in [0.5, 0.6) is 0 Å². The fourth-order valence-electron chi connectivity index (χ4n) is 3.23. The van der Waals surface area contributed by atoms with E-state index in [-0.39, 0.29) is 12.0 Å². The number of carbonyl (C=O) groups excluding carboxylic acids is 1. The molecule has 0 aliphatic carbocycles. The third-order valence-electron chi connectivity index (χ3n) is 4.70. The molecule has 2 bridgehead atoms. The van der Waals surface area contributed by atoms with Gasteiger partial charge in [-0.05, 0) is 37.8 Å². The van der Waals surface area contributed by atoms with E-state index in [1.807, 2.05) is 0 Å². The van der Waals surface area contributed by atoms with Gasteiger partial charge in [0.15, 0.2) is 0 Å². The summed E-state index contributed by atoms with van der Waals surface area (Å²) in [4.78, 5) is 14.4. The van der Waals surface area contributed by atoms with E-state index in [0.29, 0.717) is 12.0 Å². The molecule has 0 aromatic heterocycles. The van der Waals surface area contributed by atoms with Crippen LogP contribution < -0.4 is 5.32 Å². The summed E-state index contributed by atoms with van der Waals surface area (Å²) < 4.78 is 4.94. The highest BCUT2D eigenvalue weighted by molar-refractivity contribution is 5.76. The van der Waals surface area contributed by atoms with Crippen LogP contribution in [0.3, 0.4) is 0 Å². The maximum absolute atomic E-state index is 11.9. The zero-order valence-corrected chi connectivity index (χ0v) is 11.8. The number of rotatable bonds is 5. The van der Waals surface area contributed by atoms with Crippen molar-refractivity contribution in [3.05, 3.63) is 0 Å². The summed E-state index contributed by atoms with van der Waals surface area (Å²) in [5, 5.41) is 3.58. The molecule has 2 heterocycles. The second kappa shape index (κ2) is 6.02. The summed E-state index contributed by atoms with van der Waals surface area (Å²) in [6.45, 7) is 7.85. The van der Waals surface area contributed by atoms with Crippen molar-refractivity contribution in [2.75, 3.05) is 26.7 Å². The number of piperidine rings is 1. The van der Waals surface area contributed by atoms with E-state index in [1.54, 1.807) is 0 Å². The third kappa shape index (κ3) is 2.86. The molecular weight excluding hydrogens is 228 g/mol. The van der Waals surface area contributed by atoms with Crippen LogP contribution in [-0.2, 0) is 9.53 Å². The zero-order valence-electron chi connectivity index (χ0n) is 11.8. The number of hydrogen-bond acceptors (Lipinski definition) is 4. The predicted molar refractivity (Wildman–Crippen MR) is 71.3 cm³/mol. The molecule has 2 rings (SSSR count). The molecule has 5 unspecified atom stereocenters. The Morgan fingerprint density at radius 2 is 2.17 bits per heavy atom. The number of nitrogens with one attached hydrogen (secondary N) is 1. The molecule has 0 radical (unpaired) electrons. The molecule has 2 aliphatic heterocycles. The molecule has 1 N–H and O–H groups in total. The van der Waals surface area contributed by atoms with Crippen LogP contribution in [-0.4, -0.2) is 49.7 Å². The smallest absolute Gasteiger partial charge is 0.323 e. The minimum atomic E-state index is -0.142. The van der Waals surface area contributed by atoms with E-state index < -0.39 is 0 Å². The Labute approximate surface area is 110 Å². The first-order chi connectivity index (χ1) is 8.65. The SMILES string of the molecule is CCC(C)C(NC1CCN2CCC1C2)C(=O)OC. The van der Waals surface area contributed by atoms with Crippen molar-refractivity contribution in [3.8, 4) is 0 Å². The van der Waals surface area contributed by atoms with Crippen LogP contribution in [0.15, 0.2) is 0 Å². The van der Waals surface area contributed by atoms with E-state index in [0.717, 1.165) is 18.8 Å². The van der Waals surface area contributed by atoms with Crippen LogP contribution >= 0.6 is 0 Å². The molecule has 5 atom stereocenters. The lowest BCUT2D eigenvalue weighted by Gasteiger charge is -2.34. The zero-order chi connectivity index (χ0) is 13.1. The standard InChI is InChI=1S/C14H26N2O2/c1-4-10(2)13(14(17)18-3)15-12-6-8-16-7-5-11(12)9-16/h10-13,15H,4-9H2,1-3H3. The Hall–Kier alpha value is -0.610. The van der Waals surface area contributed by atoms with Crippen molar-refractivity contribution in [1.29, 1.82) is 0 Å². The molecule has 0 amide bonds. The van der Waals surface area contributed by atoms with Gasteiger partial charge in [-0.1, -0.05) is 20.3 Å². The van der Waals surface area contributed by atoms with E-state index >= 15 is 0 Å². The number of methoxy groups -OCH3 is 1. The minimum absolute atomic E-state index is 0.107.